The molecule has 0 saturated heterocycles. The van der Waals surface area contributed by atoms with Crippen molar-refractivity contribution in [1.82, 2.24) is 0 Å². The average molecular weight is 388 g/mol. The van der Waals surface area contributed by atoms with E-state index in [-0.39, 0.29) is 28.5 Å². The largest absolute Gasteiger partial charge is 0.508 e. The van der Waals surface area contributed by atoms with Crippen LogP contribution in [0.5, 0.6) is 5.75 Å². The number of nitrogens with zero attached hydrogens (tertiary/aromatic N) is 1. The number of carbonyl (C=O) groups excluding carboxylic acids is 1. The predicted molar refractivity (Wildman–Crippen MR) is 106 cm³/mol. The molecule has 2 aromatic carbocycles. The molecule has 1 aliphatic rings. The van der Waals surface area contributed by atoms with Crippen LogP contribution in [0.1, 0.15) is 48.5 Å². The maximum atomic E-state index is 13.3. The molecule has 1 heterocycles. The molecule has 1 unspecified atom stereocenters. The van der Waals surface area contributed by atoms with Crippen molar-refractivity contribution >= 4 is 21.5 Å². The molecule has 144 valence electrons. The normalized spacial score (nSPS) is 17.0. The molecule has 1 N–H and O–H groups in total. The Morgan fingerprint density at radius 2 is 1.81 bits per heavy atom. The summed E-state index contributed by atoms with van der Waals surface area (Å²) in [5.41, 5.74) is 1.59. The lowest BCUT2D eigenvalue weighted by atomic mass is 9.88. The summed E-state index contributed by atoms with van der Waals surface area (Å²) >= 11 is 0. The summed E-state index contributed by atoms with van der Waals surface area (Å²) < 4.78 is 27.9. The molecular formula is C21H25NO4S. The Labute approximate surface area is 160 Å². The van der Waals surface area contributed by atoms with E-state index in [0.29, 0.717) is 12.1 Å². The highest BCUT2D eigenvalue weighted by molar-refractivity contribution is 7.92. The van der Waals surface area contributed by atoms with Gasteiger partial charge in [-0.2, -0.15) is 0 Å². The van der Waals surface area contributed by atoms with Gasteiger partial charge in [0.25, 0.3) is 10.0 Å². The van der Waals surface area contributed by atoms with Crippen molar-refractivity contribution in [3.63, 3.8) is 0 Å². The smallest absolute Gasteiger partial charge is 0.264 e. The van der Waals surface area contributed by atoms with Crippen molar-refractivity contribution < 1.29 is 18.3 Å². The standard InChI is InChI=1S/C21H25NO4S/c1-3-4-5-6-16-14-22(20-12-9-17(23)13-19(20)21(16)24)27(25,26)18-10-7-15(2)8-11-18/h7-13,16,23H,3-6,14H2,1-2H3. The van der Waals surface area contributed by atoms with E-state index in [9.17, 15) is 18.3 Å². The molecule has 27 heavy (non-hydrogen) atoms. The molecule has 1 atom stereocenters. The van der Waals surface area contributed by atoms with Gasteiger partial charge < -0.3 is 5.11 Å². The Bertz CT molecular complexity index is 935. The molecule has 0 aliphatic carbocycles. The van der Waals surface area contributed by atoms with Crippen LogP contribution in [-0.2, 0) is 10.0 Å². The van der Waals surface area contributed by atoms with Gasteiger partial charge in [0.15, 0.2) is 5.78 Å². The van der Waals surface area contributed by atoms with Crippen molar-refractivity contribution in [3.8, 4) is 5.75 Å². The van der Waals surface area contributed by atoms with Crippen LogP contribution in [0.3, 0.4) is 0 Å². The Morgan fingerprint density at radius 3 is 2.48 bits per heavy atom. The summed E-state index contributed by atoms with van der Waals surface area (Å²) in [4.78, 5) is 13.1. The predicted octanol–water partition coefficient (Wildman–Crippen LogP) is 4.29. The second kappa shape index (κ2) is 7.72. The minimum absolute atomic E-state index is 0.0380. The van der Waals surface area contributed by atoms with E-state index >= 15 is 0 Å². The van der Waals surface area contributed by atoms with Crippen LogP contribution < -0.4 is 4.31 Å². The maximum absolute atomic E-state index is 13.3. The van der Waals surface area contributed by atoms with E-state index in [1.165, 1.54) is 22.5 Å². The third kappa shape index (κ3) is 3.86. The summed E-state index contributed by atoms with van der Waals surface area (Å²) in [6.45, 7) is 4.12. The van der Waals surface area contributed by atoms with Gasteiger partial charge in [-0.15, -0.1) is 0 Å². The van der Waals surface area contributed by atoms with Gasteiger partial charge in [-0.05, 0) is 43.7 Å². The van der Waals surface area contributed by atoms with Gasteiger partial charge in [-0.1, -0.05) is 43.9 Å². The zero-order chi connectivity index (χ0) is 19.6. The highest BCUT2D eigenvalue weighted by Crippen LogP contribution is 2.37. The monoisotopic (exact) mass is 387 g/mol. The maximum Gasteiger partial charge on any atom is 0.264 e. The second-order valence-corrected chi connectivity index (χ2v) is 8.97. The number of Topliss-reactive ketones (excluding diaryl/α,β-unsaturated/α-hetero) is 1. The molecule has 5 nitrogen and oxygen atoms in total. The zero-order valence-electron chi connectivity index (χ0n) is 15.7. The van der Waals surface area contributed by atoms with Gasteiger partial charge in [0.05, 0.1) is 10.6 Å². The molecule has 0 radical (unpaired) electrons. The Kier molecular flexibility index (Phi) is 5.56. The van der Waals surface area contributed by atoms with Gasteiger partial charge in [-0.3, -0.25) is 9.10 Å². The third-order valence-corrected chi connectivity index (χ3v) is 6.83. The number of hydrogen-bond acceptors (Lipinski definition) is 4. The molecular weight excluding hydrogens is 362 g/mol. The van der Waals surface area contributed by atoms with E-state index in [0.717, 1.165) is 24.8 Å². The number of phenolic OH excluding ortho intramolecular Hbond substituents is 1. The van der Waals surface area contributed by atoms with Crippen molar-refractivity contribution in [1.29, 1.82) is 0 Å². The number of carbonyl (C=O) groups is 1. The number of sulfonamides is 1. The number of unbranched alkanes of at least 4 members (excludes halogenated alkanes) is 2. The highest BCUT2D eigenvalue weighted by Gasteiger charge is 2.37. The summed E-state index contributed by atoms with van der Waals surface area (Å²) in [5.74, 6) is -0.526. The number of aryl methyl sites for hydroxylation is 1. The molecule has 0 aromatic heterocycles. The van der Waals surface area contributed by atoms with Crippen molar-refractivity contribution in [2.45, 2.75) is 44.4 Å². The first-order chi connectivity index (χ1) is 12.8. The summed E-state index contributed by atoms with van der Waals surface area (Å²) in [6, 6.07) is 11.0. The number of benzene rings is 2. The fourth-order valence-electron chi connectivity index (χ4n) is 3.47. The van der Waals surface area contributed by atoms with Crippen molar-refractivity contribution in [3.05, 3.63) is 53.6 Å². The van der Waals surface area contributed by atoms with Gasteiger partial charge in [-0.25, -0.2) is 8.42 Å². The number of aromatic hydroxyl groups is 1. The molecule has 3 rings (SSSR count). The van der Waals surface area contributed by atoms with E-state index in [2.05, 4.69) is 6.92 Å². The SMILES string of the molecule is CCCCCC1CN(S(=O)(=O)c2ccc(C)cc2)c2ccc(O)cc2C1=O. The molecule has 0 saturated carbocycles. The van der Waals surface area contributed by atoms with Crippen LogP contribution in [0, 0.1) is 12.8 Å². The zero-order valence-corrected chi connectivity index (χ0v) is 16.5. The Morgan fingerprint density at radius 1 is 1.11 bits per heavy atom. The fourth-order valence-corrected chi connectivity index (χ4v) is 5.00. The minimum atomic E-state index is -3.79. The lowest BCUT2D eigenvalue weighted by molar-refractivity contribution is 0.0910. The third-order valence-electron chi connectivity index (χ3n) is 5.04. The van der Waals surface area contributed by atoms with E-state index in [1.807, 2.05) is 6.92 Å². The summed E-state index contributed by atoms with van der Waals surface area (Å²) in [5, 5.41) is 9.82. The molecule has 6 heteroatoms. The van der Waals surface area contributed by atoms with Crippen LogP contribution in [0.2, 0.25) is 0 Å². The Balaban J connectivity index is 2.04. The van der Waals surface area contributed by atoms with Crippen molar-refractivity contribution in [2.24, 2.45) is 5.92 Å². The summed E-state index contributed by atoms with van der Waals surface area (Å²) in [6.07, 6.45) is 3.55. The number of phenols is 1. The van der Waals surface area contributed by atoms with Crippen LogP contribution >= 0.6 is 0 Å². The van der Waals surface area contributed by atoms with Gasteiger partial charge in [0, 0.05) is 18.0 Å². The first kappa shape index (κ1) is 19.4. The first-order valence-electron chi connectivity index (χ1n) is 9.31. The second-order valence-electron chi connectivity index (χ2n) is 7.11. The molecule has 0 fully saturated rings. The highest BCUT2D eigenvalue weighted by atomic mass is 32.2. The number of hydrogen-bond donors (Lipinski definition) is 1. The first-order valence-corrected chi connectivity index (χ1v) is 10.7. The topological polar surface area (TPSA) is 74.7 Å². The van der Waals surface area contributed by atoms with Crippen LogP contribution in [0.15, 0.2) is 47.4 Å². The molecule has 2 aromatic rings. The quantitative estimate of drug-likeness (QED) is 0.751. The van der Waals surface area contributed by atoms with Crippen molar-refractivity contribution in [2.75, 3.05) is 10.8 Å². The molecule has 0 bridgehead atoms. The van der Waals surface area contributed by atoms with Crippen LogP contribution in [0.25, 0.3) is 0 Å². The van der Waals surface area contributed by atoms with Gasteiger partial charge in [0.2, 0.25) is 0 Å². The molecule has 1 aliphatic heterocycles. The van der Waals surface area contributed by atoms with Gasteiger partial charge in [0.1, 0.15) is 5.75 Å². The van der Waals surface area contributed by atoms with E-state index < -0.39 is 15.9 Å². The molecule has 0 spiro atoms. The fraction of sp³-hybridized carbons (Fsp3) is 0.381. The van der Waals surface area contributed by atoms with Crippen LogP contribution in [0.4, 0.5) is 5.69 Å². The van der Waals surface area contributed by atoms with E-state index in [4.69, 9.17) is 0 Å². The average Bonchev–Trinajstić information content (AvgIpc) is 2.64. The molecule has 0 amide bonds. The summed E-state index contributed by atoms with van der Waals surface area (Å²) in [7, 11) is -3.79. The van der Waals surface area contributed by atoms with E-state index in [1.54, 1.807) is 24.3 Å². The lowest BCUT2D eigenvalue weighted by Gasteiger charge is -2.34. The number of ketones is 1. The number of rotatable bonds is 6. The van der Waals surface area contributed by atoms with Crippen LogP contribution in [-0.4, -0.2) is 25.9 Å². The Hall–Kier alpha value is -2.34. The minimum Gasteiger partial charge on any atom is -0.508 e. The lowest BCUT2D eigenvalue weighted by Crippen LogP contribution is -2.42. The van der Waals surface area contributed by atoms with Gasteiger partial charge >= 0.3 is 0 Å². The number of anilines is 1. The number of fused-ring (bicyclic) bond motifs is 1.